The van der Waals surface area contributed by atoms with Gasteiger partial charge >= 0.3 is 0 Å². The molecule has 182 valence electrons. The average Bonchev–Trinajstić information content (AvgIpc) is 2.86. The molecule has 0 bridgehead atoms. The third kappa shape index (κ3) is 10.6. The summed E-state index contributed by atoms with van der Waals surface area (Å²) < 4.78 is 11.1. The zero-order valence-electron chi connectivity index (χ0n) is 19.6. The van der Waals surface area contributed by atoms with Crippen LogP contribution in [-0.2, 0) is 35.8 Å². The molecule has 0 saturated heterocycles. The fourth-order valence-corrected chi connectivity index (χ4v) is 3.43. The van der Waals surface area contributed by atoms with E-state index < -0.39 is 12.2 Å². The zero-order chi connectivity index (χ0) is 23.8. The number of hydrogen-bond acceptors (Lipinski definition) is 6. The molecule has 0 spiro atoms. The highest BCUT2D eigenvalue weighted by Crippen LogP contribution is 2.05. The molecule has 0 aromatic heterocycles. The van der Waals surface area contributed by atoms with Crippen molar-refractivity contribution in [1.82, 2.24) is 10.6 Å². The van der Waals surface area contributed by atoms with Crippen molar-refractivity contribution in [2.24, 2.45) is 0 Å². The van der Waals surface area contributed by atoms with Gasteiger partial charge in [-0.2, -0.15) is 0 Å². The lowest BCUT2D eigenvalue weighted by Gasteiger charge is -2.14. The number of nitrogens with one attached hydrogen (secondary N) is 2. The lowest BCUT2D eigenvalue weighted by atomic mass is 10.1. The van der Waals surface area contributed by atoms with Gasteiger partial charge in [0.15, 0.2) is 0 Å². The summed E-state index contributed by atoms with van der Waals surface area (Å²) in [5, 5.41) is 26.7. The maximum absolute atomic E-state index is 10.1. The first-order valence-corrected chi connectivity index (χ1v) is 11.8. The van der Waals surface area contributed by atoms with E-state index >= 15 is 0 Å². The highest BCUT2D eigenvalue weighted by molar-refractivity contribution is 5.22. The third-order valence-electron chi connectivity index (χ3n) is 5.28. The molecule has 3 aromatic rings. The van der Waals surface area contributed by atoms with Gasteiger partial charge in [0, 0.05) is 26.2 Å². The maximum atomic E-state index is 10.1. The van der Waals surface area contributed by atoms with Gasteiger partial charge in [-0.05, 0) is 22.3 Å². The minimum atomic E-state index is -0.546. The Balaban J connectivity index is 1.22. The summed E-state index contributed by atoms with van der Waals surface area (Å²) in [5.74, 6) is 0. The Bertz CT molecular complexity index is 830. The highest BCUT2D eigenvalue weighted by Gasteiger charge is 2.06. The van der Waals surface area contributed by atoms with E-state index in [1.165, 1.54) is 0 Å². The molecule has 0 aliphatic carbocycles. The van der Waals surface area contributed by atoms with Gasteiger partial charge in [0.1, 0.15) is 0 Å². The van der Waals surface area contributed by atoms with E-state index in [2.05, 4.69) is 34.9 Å². The number of aliphatic hydroxyl groups excluding tert-OH is 2. The van der Waals surface area contributed by atoms with Crippen LogP contribution < -0.4 is 10.6 Å². The van der Waals surface area contributed by atoms with Crippen LogP contribution in [0, 0.1) is 0 Å². The van der Waals surface area contributed by atoms with E-state index in [1.54, 1.807) is 0 Å². The summed E-state index contributed by atoms with van der Waals surface area (Å²) in [4.78, 5) is 0. The Kier molecular flexibility index (Phi) is 11.8. The smallest absolute Gasteiger partial charge is 0.0897 e. The van der Waals surface area contributed by atoms with Crippen molar-refractivity contribution in [1.29, 1.82) is 0 Å². The number of ether oxygens (including phenoxy) is 2. The minimum Gasteiger partial charge on any atom is -0.389 e. The molecular weight excluding hydrogens is 428 g/mol. The molecule has 6 nitrogen and oxygen atoms in total. The van der Waals surface area contributed by atoms with Crippen LogP contribution >= 0.6 is 0 Å². The second-order valence-electron chi connectivity index (χ2n) is 8.39. The Morgan fingerprint density at radius 3 is 1.29 bits per heavy atom. The summed E-state index contributed by atoms with van der Waals surface area (Å²) in [5.41, 5.74) is 4.50. The predicted molar refractivity (Wildman–Crippen MR) is 134 cm³/mol. The molecule has 4 N–H and O–H groups in total. The largest absolute Gasteiger partial charge is 0.389 e. The molecule has 6 heteroatoms. The Labute approximate surface area is 202 Å². The molecule has 0 aliphatic heterocycles. The van der Waals surface area contributed by atoms with E-state index in [4.69, 9.17) is 9.47 Å². The maximum Gasteiger partial charge on any atom is 0.0897 e. The highest BCUT2D eigenvalue weighted by atomic mass is 16.5. The summed E-state index contributed by atoms with van der Waals surface area (Å²) in [7, 11) is 0. The molecule has 0 fully saturated rings. The van der Waals surface area contributed by atoms with Crippen LogP contribution in [0.5, 0.6) is 0 Å². The average molecular weight is 465 g/mol. The van der Waals surface area contributed by atoms with Crippen LogP contribution in [0.25, 0.3) is 0 Å². The van der Waals surface area contributed by atoms with E-state index in [9.17, 15) is 10.2 Å². The van der Waals surface area contributed by atoms with Gasteiger partial charge in [-0.25, -0.2) is 0 Å². The SMILES string of the molecule is O[C@H](CNCc1ccc(CNC[C@H](O)COCc2ccccc2)cc1)COCc1ccccc1. The fraction of sp³-hybridized carbons (Fsp3) is 0.357. The summed E-state index contributed by atoms with van der Waals surface area (Å²) in [6.45, 7) is 3.92. The van der Waals surface area contributed by atoms with Gasteiger partial charge in [-0.1, -0.05) is 84.9 Å². The second-order valence-corrected chi connectivity index (χ2v) is 8.39. The van der Waals surface area contributed by atoms with E-state index in [0.717, 1.165) is 22.3 Å². The first-order valence-electron chi connectivity index (χ1n) is 11.8. The number of aliphatic hydroxyl groups is 2. The van der Waals surface area contributed by atoms with Crippen molar-refractivity contribution >= 4 is 0 Å². The van der Waals surface area contributed by atoms with Crippen molar-refractivity contribution in [2.45, 2.75) is 38.5 Å². The molecule has 0 amide bonds. The lowest BCUT2D eigenvalue weighted by molar-refractivity contribution is 0.0287. The van der Waals surface area contributed by atoms with Crippen LogP contribution in [0.3, 0.4) is 0 Å². The predicted octanol–water partition coefficient (Wildman–Crippen LogP) is 3.02. The molecule has 0 saturated carbocycles. The first kappa shape index (κ1) is 26.0. The first-order chi connectivity index (χ1) is 16.7. The lowest BCUT2D eigenvalue weighted by Crippen LogP contribution is -2.30. The van der Waals surface area contributed by atoms with E-state index in [1.807, 2.05) is 60.7 Å². The topological polar surface area (TPSA) is 83.0 Å². The van der Waals surface area contributed by atoms with Gasteiger partial charge in [0.2, 0.25) is 0 Å². The summed E-state index contributed by atoms with van der Waals surface area (Å²) >= 11 is 0. The van der Waals surface area contributed by atoms with Gasteiger partial charge in [0.05, 0.1) is 38.6 Å². The van der Waals surface area contributed by atoms with Gasteiger partial charge in [-0.15, -0.1) is 0 Å². The van der Waals surface area contributed by atoms with Crippen LogP contribution in [0.1, 0.15) is 22.3 Å². The van der Waals surface area contributed by atoms with Crippen molar-refractivity contribution in [3.8, 4) is 0 Å². The standard InChI is InChI=1S/C28H36N2O4/c31-27(21-33-19-25-7-3-1-4-8-25)17-29-15-23-11-13-24(14-12-23)16-30-18-28(32)22-34-20-26-9-5-2-6-10-26/h1-14,27-32H,15-22H2/t27-,28+. The van der Waals surface area contributed by atoms with Crippen molar-refractivity contribution in [3.05, 3.63) is 107 Å². The number of hydrogen-bond donors (Lipinski definition) is 4. The molecule has 0 radical (unpaired) electrons. The molecule has 0 unspecified atom stereocenters. The van der Waals surface area contributed by atoms with E-state index in [-0.39, 0.29) is 0 Å². The molecule has 34 heavy (non-hydrogen) atoms. The zero-order valence-corrected chi connectivity index (χ0v) is 19.6. The van der Waals surface area contributed by atoms with Gasteiger partial charge in [-0.3, -0.25) is 0 Å². The van der Waals surface area contributed by atoms with Crippen LogP contribution in [0.4, 0.5) is 0 Å². The fourth-order valence-electron chi connectivity index (χ4n) is 3.43. The Morgan fingerprint density at radius 2 is 0.912 bits per heavy atom. The Hall–Kier alpha value is -2.58. The van der Waals surface area contributed by atoms with Gasteiger partial charge in [0.25, 0.3) is 0 Å². The van der Waals surface area contributed by atoms with Crippen molar-refractivity contribution in [3.63, 3.8) is 0 Å². The van der Waals surface area contributed by atoms with Crippen LogP contribution in [0.15, 0.2) is 84.9 Å². The molecule has 0 heterocycles. The molecular formula is C28H36N2O4. The number of benzene rings is 3. The normalized spacial score (nSPS) is 13.0. The minimum absolute atomic E-state index is 0.301. The van der Waals surface area contributed by atoms with Crippen LogP contribution in [0.2, 0.25) is 0 Å². The van der Waals surface area contributed by atoms with Gasteiger partial charge < -0.3 is 30.3 Å². The number of rotatable bonds is 16. The summed E-state index contributed by atoms with van der Waals surface area (Å²) in [6.07, 6.45) is -1.09. The molecule has 3 rings (SSSR count). The third-order valence-corrected chi connectivity index (χ3v) is 5.28. The van der Waals surface area contributed by atoms with Crippen LogP contribution in [-0.4, -0.2) is 48.7 Å². The van der Waals surface area contributed by atoms with E-state index in [0.29, 0.717) is 52.6 Å². The van der Waals surface area contributed by atoms with Crippen molar-refractivity contribution < 1.29 is 19.7 Å². The second kappa shape index (κ2) is 15.3. The Morgan fingerprint density at radius 1 is 0.529 bits per heavy atom. The molecule has 0 aliphatic rings. The molecule has 3 aromatic carbocycles. The quantitative estimate of drug-likeness (QED) is 0.261. The molecule has 2 atom stereocenters. The monoisotopic (exact) mass is 464 g/mol. The summed E-state index contributed by atoms with van der Waals surface area (Å²) in [6, 6.07) is 28.2. The van der Waals surface area contributed by atoms with Crippen molar-refractivity contribution in [2.75, 3.05) is 26.3 Å².